The Balaban J connectivity index is 3.99. The van der Waals surface area contributed by atoms with Crippen molar-refractivity contribution in [3.8, 4) is 0 Å². The summed E-state index contributed by atoms with van der Waals surface area (Å²) >= 11 is 0. The topological polar surface area (TPSA) is 94.5 Å². The Morgan fingerprint density at radius 2 is 0.981 bits per heavy atom. The standard InChI is InChI=1S/C45H87NO7/c1-4-7-10-13-16-23-28-39-50-43(48)32-25-18-17-19-26-35-46(37-38-47)36-27-20-24-29-40-51-44(49)33-34-45(52-41-30-21-14-11-8-5-2)53-42-31-22-15-12-9-6-3/h23,28,45,47H,4-22,24-27,29-42H2,1-3H3/b28-23-. The first-order chi connectivity index (χ1) is 26.1. The SMILES string of the molecule is CCCCCC/C=C\COC(=O)CCCCCCCN(CCO)CCCCCCOC(=O)CCC(OCCCCCCCC)OCCCCCCCC. The number of carbonyl (C=O) groups is 2. The predicted octanol–water partition coefficient (Wildman–Crippen LogP) is 11.7. The van der Waals surface area contributed by atoms with Gasteiger partial charge in [-0.1, -0.05) is 148 Å². The van der Waals surface area contributed by atoms with Crippen molar-refractivity contribution in [3.63, 3.8) is 0 Å². The molecule has 8 nitrogen and oxygen atoms in total. The van der Waals surface area contributed by atoms with Gasteiger partial charge in [-0.2, -0.15) is 0 Å². The van der Waals surface area contributed by atoms with Crippen LogP contribution >= 0.6 is 0 Å². The maximum Gasteiger partial charge on any atom is 0.306 e. The van der Waals surface area contributed by atoms with Gasteiger partial charge in [-0.25, -0.2) is 0 Å². The molecular weight excluding hydrogens is 666 g/mol. The van der Waals surface area contributed by atoms with Crippen LogP contribution in [-0.4, -0.2) is 80.9 Å². The molecule has 0 aliphatic rings. The largest absolute Gasteiger partial charge is 0.466 e. The Hall–Kier alpha value is -1.48. The summed E-state index contributed by atoms with van der Waals surface area (Å²) in [5, 5.41) is 9.53. The maximum atomic E-state index is 12.5. The molecule has 0 amide bonds. The fourth-order valence-electron chi connectivity index (χ4n) is 6.39. The molecule has 0 radical (unpaired) electrons. The molecule has 0 rings (SSSR count). The van der Waals surface area contributed by atoms with Gasteiger partial charge in [0.25, 0.3) is 0 Å². The summed E-state index contributed by atoms with van der Waals surface area (Å²) in [5.74, 6) is -0.253. The van der Waals surface area contributed by atoms with Crippen LogP contribution in [0.25, 0.3) is 0 Å². The highest BCUT2D eigenvalue weighted by molar-refractivity contribution is 5.69. The van der Waals surface area contributed by atoms with Gasteiger partial charge >= 0.3 is 11.9 Å². The molecule has 314 valence electrons. The first-order valence-electron chi connectivity index (χ1n) is 22.6. The van der Waals surface area contributed by atoms with E-state index in [1.165, 1.54) is 89.9 Å². The number of aliphatic hydroxyl groups excluding tert-OH is 1. The third-order valence-electron chi connectivity index (χ3n) is 9.82. The van der Waals surface area contributed by atoms with Crippen molar-refractivity contribution >= 4 is 11.9 Å². The van der Waals surface area contributed by atoms with Gasteiger partial charge in [0.05, 0.1) is 19.6 Å². The van der Waals surface area contributed by atoms with E-state index in [2.05, 4.69) is 31.7 Å². The number of esters is 2. The first-order valence-corrected chi connectivity index (χ1v) is 22.6. The first kappa shape index (κ1) is 51.5. The lowest BCUT2D eigenvalue weighted by Gasteiger charge is -2.21. The summed E-state index contributed by atoms with van der Waals surface area (Å²) in [6.45, 7) is 11.8. The molecule has 0 aliphatic carbocycles. The van der Waals surface area contributed by atoms with E-state index in [-0.39, 0.29) is 24.8 Å². The summed E-state index contributed by atoms with van der Waals surface area (Å²) in [5.41, 5.74) is 0. The van der Waals surface area contributed by atoms with Gasteiger partial charge in [-0.05, 0) is 64.5 Å². The van der Waals surface area contributed by atoms with Crippen molar-refractivity contribution in [1.29, 1.82) is 0 Å². The van der Waals surface area contributed by atoms with Crippen molar-refractivity contribution in [2.45, 2.75) is 213 Å². The number of rotatable bonds is 43. The molecule has 0 unspecified atom stereocenters. The van der Waals surface area contributed by atoms with Crippen LogP contribution in [0.3, 0.4) is 0 Å². The second-order valence-electron chi connectivity index (χ2n) is 15.0. The Kier molecular flexibility index (Phi) is 42.0. The fraction of sp³-hybridized carbons (Fsp3) is 0.911. The summed E-state index contributed by atoms with van der Waals surface area (Å²) < 4.78 is 23.0. The minimum atomic E-state index is -0.325. The number of carbonyl (C=O) groups excluding carboxylic acids is 2. The van der Waals surface area contributed by atoms with Gasteiger partial charge in [0.2, 0.25) is 0 Å². The van der Waals surface area contributed by atoms with E-state index in [1.54, 1.807) is 0 Å². The number of hydrogen-bond acceptors (Lipinski definition) is 8. The van der Waals surface area contributed by atoms with Crippen molar-refractivity contribution in [1.82, 2.24) is 4.90 Å². The summed E-state index contributed by atoms with van der Waals surface area (Å²) in [7, 11) is 0. The lowest BCUT2D eigenvalue weighted by Crippen LogP contribution is -2.29. The van der Waals surface area contributed by atoms with Crippen LogP contribution in [0.15, 0.2) is 12.2 Å². The molecule has 0 aromatic rings. The van der Waals surface area contributed by atoms with E-state index in [4.69, 9.17) is 18.9 Å². The van der Waals surface area contributed by atoms with Crippen LogP contribution in [0.5, 0.6) is 0 Å². The Morgan fingerprint density at radius 1 is 0.509 bits per heavy atom. The average molecular weight is 754 g/mol. The Bertz CT molecular complexity index is 775. The molecule has 0 spiro atoms. The average Bonchev–Trinajstić information content (AvgIpc) is 3.15. The third kappa shape index (κ3) is 40.0. The number of hydrogen-bond donors (Lipinski definition) is 1. The normalized spacial score (nSPS) is 11.7. The lowest BCUT2D eigenvalue weighted by molar-refractivity contribution is -0.159. The second-order valence-corrected chi connectivity index (χ2v) is 15.0. The van der Waals surface area contributed by atoms with E-state index in [0.29, 0.717) is 52.2 Å². The fourth-order valence-corrected chi connectivity index (χ4v) is 6.39. The van der Waals surface area contributed by atoms with E-state index in [1.807, 2.05) is 6.08 Å². The molecule has 0 saturated heterocycles. The molecule has 0 heterocycles. The molecule has 53 heavy (non-hydrogen) atoms. The molecule has 0 aliphatic heterocycles. The monoisotopic (exact) mass is 754 g/mol. The second kappa shape index (κ2) is 43.3. The van der Waals surface area contributed by atoms with Crippen LogP contribution < -0.4 is 0 Å². The van der Waals surface area contributed by atoms with E-state index >= 15 is 0 Å². The van der Waals surface area contributed by atoms with Gasteiger partial charge in [0, 0.05) is 32.6 Å². The maximum absolute atomic E-state index is 12.5. The third-order valence-corrected chi connectivity index (χ3v) is 9.82. The van der Waals surface area contributed by atoms with Crippen molar-refractivity contribution in [2.75, 3.05) is 52.7 Å². The van der Waals surface area contributed by atoms with E-state index < -0.39 is 0 Å². The van der Waals surface area contributed by atoms with Crippen LogP contribution in [0.1, 0.15) is 207 Å². The Morgan fingerprint density at radius 3 is 1.55 bits per heavy atom. The van der Waals surface area contributed by atoms with Gasteiger partial charge in [0.1, 0.15) is 6.61 Å². The highest BCUT2D eigenvalue weighted by Crippen LogP contribution is 2.13. The number of nitrogens with zero attached hydrogens (tertiary/aromatic N) is 1. The molecule has 0 atom stereocenters. The minimum Gasteiger partial charge on any atom is -0.466 e. The predicted molar refractivity (Wildman–Crippen MR) is 221 cm³/mol. The smallest absolute Gasteiger partial charge is 0.306 e. The number of allylic oxidation sites excluding steroid dienone is 1. The van der Waals surface area contributed by atoms with Crippen LogP contribution in [0.2, 0.25) is 0 Å². The van der Waals surface area contributed by atoms with Crippen molar-refractivity contribution in [2.24, 2.45) is 0 Å². The van der Waals surface area contributed by atoms with Crippen LogP contribution in [0.4, 0.5) is 0 Å². The van der Waals surface area contributed by atoms with Crippen LogP contribution in [-0.2, 0) is 28.5 Å². The number of ether oxygens (including phenoxy) is 4. The summed E-state index contributed by atoms with van der Waals surface area (Å²) in [6, 6.07) is 0. The highest BCUT2D eigenvalue weighted by Gasteiger charge is 2.14. The minimum absolute atomic E-state index is 0.0926. The molecule has 0 aromatic heterocycles. The molecule has 0 bridgehead atoms. The van der Waals surface area contributed by atoms with Gasteiger partial charge in [-0.15, -0.1) is 0 Å². The van der Waals surface area contributed by atoms with Crippen LogP contribution in [0, 0.1) is 0 Å². The van der Waals surface area contributed by atoms with Gasteiger partial charge in [-0.3, -0.25) is 9.59 Å². The van der Waals surface area contributed by atoms with Gasteiger partial charge < -0.3 is 29.0 Å². The van der Waals surface area contributed by atoms with E-state index in [9.17, 15) is 14.7 Å². The zero-order valence-corrected chi connectivity index (χ0v) is 35.2. The zero-order valence-electron chi connectivity index (χ0n) is 35.2. The van der Waals surface area contributed by atoms with E-state index in [0.717, 1.165) is 90.1 Å². The summed E-state index contributed by atoms with van der Waals surface area (Å²) in [4.78, 5) is 26.8. The van der Waals surface area contributed by atoms with Gasteiger partial charge in [0.15, 0.2) is 6.29 Å². The van der Waals surface area contributed by atoms with Crippen molar-refractivity contribution in [3.05, 3.63) is 12.2 Å². The molecule has 8 heteroatoms. The highest BCUT2D eigenvalue weighted by atomic mass is 16.7. The lowest BCUT2D eigenvalue weighted by atomic mass is 10.1. The molecular formula is C45H87NO7. The number of unbranched alkanes of at least 4 members (excludes halogenated alkanes) is 21. The number of aliphatic hydroxyl groups is 1. The quantitative estimate of drug-likeness (QED) is 0.0285. The van der Waals surface area contributed by atoms with Crippen molar-refractivity contribution < 1.29 is 33.6 Å². The molecule has 0 fully saturated rings. The summed E-state index contributed by atoms with van der Waals surface area (Å²) in [6.07, 6.45) is 35.3. The Labute approximate surface area is 327 Å². The molecule has 1 N–H and O–H groups in total. The zero-order chi connectivity index (χ0) is 38.7. The molecule has 0 aromatic carbocycles. The molecule has 0 saturated carbocycles.